The van der Waals surface area contributed by atoms with Crippen molar-refractivity contribution < 1.29 is 0 Å². The lowest BCUT2D eigenvalue weighted by molar-refractivity contribution is 0.461. The van der Waals surface area contributed by atoms with Gasteiger partial charge in [0.25, 0.3) is 0 Å². The molecule has 0 aliphatic carbocycles. The number of hydrogen-bond donors (Lipinski definition) is 1. The van der Waals surface area contributed by atoms with Gasteiger partial charge in [-0.15, -0.1) is 24.0 Å². The molecule has 1 aromatic heterocycles. The maximum absolute atomic E-state index is 4.64. The Hall–Kier alpha value is -0.720. The van der Waals surface area contributed by atoms with Crippen molar-refractivity contribution in [2.24, 2.45) is 12.0 Å². The van der Waals surface area contributed by atoms with Crippen LogP contribution in [0.3, 0.4) is 0 Å². The van der Waals surface area contributed by atoms with Gasteiger partial charge < -0.3 is 14.8 Å². The van der Waals surface area contributed by atoms with Gasteiger partial charge in [-0.3, -0.25) is 4.99 Å². The molecule has 0 bridgehead atoms. The second-order valence-electron chi connectivity index (χ2n) is 4.56. The molecule has 5 heteroatoms. The van der Waals surface area contributed by atoms with Crippen LogP contribution in [0.2, 0.25) is 0 Å². The van der Waals surface area contributed by atoms with E-state index in [0.29, 0.717) is 0 Å². The summed E-state index contributed by atoms with van der Waals surface area (Å²) in [5.74, 6) is 0.993. The van der Waals surface area contributed by atoms with Crippen molar-refractivity contribution in [1.82, 2.24) is 14.8 Å². The first-order valence-corrected chi connectivity index (χ1v) is 6.78. The van der Waals surface area contributed by atoms with Gasteiger partial charge in [0.1, 0.15) is 0 Å². The highest BCUT2D eigenvalue weighted by molar-refractivity contribution is 14.0. The van der Waals surface area contributed by atoms with Crippen molar-refractivity contribution in [3.05, 3.63) is 24.0 Å². The summed E-state index contributed by atoms with van der Waals surface area (Å²) in [5, 5.41) is 3.34. The van der Waals surface area contributed by atoms with Crippen LogP contribution < -0.4 is 5.32 Å². The lowest BCUT2D eigenvalue weighted by Crippen LogP contribution is -2.38. The Morgan fingerprint density at radius 2 is 2.16 bits per heavy atom. The van der Waals surface area contributed by atoms with E-state index in [1.807, 2.05) is 0 Å². The molecular formula is C14H27IN4. The molecule has 0 fully saturated rings. The van der Waals surface area contributed by atoms with Crippen LogP contribution >= 0.6 is 24.0 Å². The van der Waals surface area contributed by atoms with E-state index in [4.69, 9.17) is 0 Å². The number of halogens is 1. The standard InChI is InChI=1S/C14H26N4.HI/c1-5-7-10-16-14(15-6-2)18(4)12-13-9-8-11-17(13)3;/h8-9,11H,5-7,10,12H2,1-4H3,(H,15,16);1H. The maximum atomic E-state index is 4.64. The third kappa shape index (κ3) is 6.31. The first-order valence-electron chi connectivity index (χ1n) is 6.78. The molecule has 1 N–H and O–H groups in total. The zero-order chi connectivity index (χ0) is 13.4. The normalized spacial score (nSPS) is 11.1. The maximum Gasteiger partial charge on any atom is 0.194 e. The third-order valence-corrected chi connectivity index (χ3v) is 2.92. The predicted molar refractivity (Wildman–Crippen MR) is 93.2 cm³/mol. The minimum atomic E-state index is 0. The molecule has 0 saturated heterocycles. The minimum Gasteiger partial charge on any atom is -0.357 e. The molecule has 0 spiro atoms. The Bertz CT molecular complexity index is 373. The number of nitrogens with zero attached hydrogens (tertiary/aromatic N) is 3. The highest BCUT2D eigenvalue weighted by atomic mass is 127. The molecule has 4 nitrogen and oxygen atoms in total. The van der Waals surface area contributed by atoms with Crippen LogP contribution in [0.15, 0.2) is 23.3 Å². The summed E-state index contributed by atoms with van der Waals surface area (Å²) < 4.78 is 2.14. The first kappa shape index (κ1) is 18.3. The van der Waals surface area contributed by atoms with E-state index in [0.717, 1.165) is 32.0 Å². The third-order valence-electron chi connectivity index (χ3n) is 2.92. The number of guanidine groups is 1. The molecule has 1 heterocycles. The summed E-state index contributed by atoms with van der Waals surface area (Å²) in [6, 6.07) is 4.22. The van der Waals surface area contributed by atoms with Crippen LogP contribution in [0.25, 0.3) is 0 Å². The number of rotatable bonds is 6. The highest BCUT2D eigenvalue weighted by Crippen LogP contribution is 2.04. The molecule has 0 radical (unpaired) electrons. The van der Waals surface area contributed by atoms with E-state index in [2.05, 4.69) is 66.0 Å². The predicted octanol–water partition coefficient (Wildman–Crippen LogP) is 2.84. The number of unbranched alkanes of at least 4 members (excludes halogenated alkanes) is 1. The summed E-state index contributed by atoms with van der Waals surface area (Å²) >= 11 is 0. The van der Waals surface area contributed by atoms with Crippen molar-refractivity contribution in [2.45, 2.75) is 33.2 Å². The summed E-state index contributed by atoms with van der Waals surface area (Å²) in [6.45, 7) is 6.97. The Balaban J connectivity index is 0.00000324. The highest BCUT2D eigenvalue weighted by Gasteiger charge is 2.07. The molecular weight excluding hydrogens is 351 g/mol. The molecule has 0 atom stereocenters. The van der Waals surface area contributed by atoms with Gasteiger partial charge >= 0.3 is 0 Å². The summed E-state index contributed by atoms with van der Waals surface area (Å²) in [7, 11) is 4.16. The largest absolute Gasteiger partial charge is 0.357 e. The second kappa shape index (κ2) is 10.1. The number of aryl methyl sites for hydroxylation is 1. The average molecular weight is 378 g/mol. The molecule has 1 rings (SSSR count). The van der Waals surface area contributed by atoms with Gasteiger partial charge in [-0.2, -0.15) is 0 Å². The molecule has 110 valence electrons. The van der Waals surface area contributed by atoms with Crippen molar-refractivity contribution in [1.29, 1.82) is 0 Å². The van der Waals surface area contributed by atoms with E-state index in [9.17, 15) is 0 Å². The van der Waals surface area contributed by atoms with E-state index in [1.54, 1.807) is 0 Å². The number of aliphatic imine (C=N–C) groups is 1. The summed E-state index contributed by atoms with van der Waals surface area (Å²) in [5.41, 5.74) is 1.29. The van der Waals surface area contributed by atoms with Gasteiger partial charge in [0.05, 0.1) is 6.54 Å². The lowest BCUT2D eigenvalue weighted by Gasteiger charge is -2.22. The van der Waals surface area contributed by atoms with Crippen LogP contribution in [-0.4, -0.2) is 35.6 Å². The first-order chi connectivity index (χ1) is 8.69. The van der Waals surface area contributed by atoms with Gasteiger partial charge in [-0.25, -0.2) is 0 Å². The van der Waals surface area contributed by atoms with Crippen molar-refractivity contribution >= 4 is 29.9 Å². The zero-order valence-electron chi connectivity index (χ0n) is 12.5. The monoisotopic (exact) mass is 378 g/mol. The van der Waals surface area contributed by atoms with Crippen LogP contribution in [0.4, 0.5) is 0 Å². The van der Waals surface area contributed by atoms with Crippen molar-refractivity contribution in [3.63, 3.8) is 0 Å². The molecule has 0 amide bonds. The van der Waals surface area contributed by atoms with Crippen molar-refractivity contribution in [2.75, 3.05) is 20.1 Å². The Morgan fingerprint density at radius 3 is 2.68 bits per heavy atom. The van der Waals surface area contributed by atoms with Gasteiger partial charge in [0, 0.05) is 39.1 Å². The molecule has 1 aromatic rings. The Morgan fingerprint density at radius 1 is 1.42 bits per heavy atom. The Kier molecular flexibility index (Phi) is 9.73. The zero-order valence-corrected chi connectivity index (χ0v) is 14.8. The van der Waals surface area contributed by atoms with E-state index in [-0.39, 0.29) is 24.0 Å². The lowest BCUT2D eigenvalue weighted by atomic mass is 10.3. The smallest absolute Gasteiger partial charge is 0.194 e. The van der Waals surface area contributed by atoms with Crippen LogP contribution in [-0.2, 0) is 13.6 Å². The van der Waals surface area contributed by atoms with Crippen molar-refractivity contribution in [3.8, 4) is 0 Å². The van der Waals surface area contributed by atoms with Crippen LogP contribution in [0.1, 0.15) is 32.4 Å². The van der Waals surface area contributed by atoms with Gasteiger partial charge in [-0.1, -0.05) is 13.3 Å². The minimum absolute atomic E-state index is 0. The Labute approximate surface area is 134 Å². The molecule has 19 heavy (non-hydrogen) atoms. The fraction of sp³-hybridized carbons (Fsp3) is 0.643. The van der Waals surface area contributed by atoms with E-state index < -0.39 is 0 Å². The van der Waals surface area contributed by atoms with Crippen LogP contribution in [0.5, 0.6) is 0 Å². The molecule has 0 unspecified atom stereocenters. The quantitative estimate of drug-likeness (QED) is 0.357. The second-order valence-corrected chi connectivity index (χ2v) is 4.56. The molecule has 0 aliphatic rings. The van der Waals surface area contributed by atoms with Gasteiger partial charge in [0.15, 0.2) is 5.96 Å². The fourth-order valence-electron chi connectivity index (χ4n) is 1.79. The molecule has 0 saturated carbocycles. The van der Waals surface area contributed by atoms with E-state index >= 15 is 0 Å². The molecule has 0 aromatic carbocycles. The number of nitrogens with one attached hydrogen (secondary N) is 1. The summed E-state index contributed by atoms with van der Waals surface area (Å²) in [6.07, 6.45) is 4.40. The van der Waals surface area contributed by atoms with E-state index in [1.165, 1.54) is 12.1 Å². The molecule has 0 aliphatic heterocycles. The SMILES string of the molecule is CCCCN=C(NCC)N(C)Cc1cccn1C.I. The topological polar surface area (TPSA) is 32.6 Å². The summed E-state index contributed by atoms with van der Waals surface area (Å²) in [4.78, 5) is 6.81. The number of hydrogen-bond acceptors (Lipinski definition) is 1. The van der Waals surface area contributed by atoms with Gasteiger partial charge in [0.2, 0.25) is 0 Å². The van der Waals surface area contributed by atoms with Gasteiger partial charge in [-0.05, 0) is 25.5 Å². The average Bonchev–Trinajstić information content (AvgIpc) is 2.74. The fourth-order valence-corrected chi connectivity index (χ4v) is 1.79. The number of aromatic nitrogens is 1. The van der Waals surface area contributed by atoms with Crippen LogP contribution in [0, 0.1) is 0 Å².